The Hall–Kier alpha value is -1.65. The zero-order valence-electron chi connectivity index (χ0n) is 10.8. The first-order valence-electron chi connectivity index (χ1n) is 6.65. The van der Waals surface area contributed by atoms with Crippen LogP contribution in [0.2, 0.25) is 0 Å². The number of anilines is 1. The third kappa shape index (κ3) is 2.69. The number of hydrogen-bond acceptors (Lipinski definition) is 4. The molecule has 1 aromatic carbocycles. The van der Waals surface area contributed by atoms with Gasteiger partial charge in [-0.2, -0.15) is 0 Å². The van der Waals surface area contributed by atoms with E-state index in [0.29, 0.717) is 32.6 Å². The van der Waals surface area contributed by atoms with Crippen LogP contribution in [0.3, 0.4) is 0 Å². The highest BCUT2D eigenvalue weighted by Gasteiger charge is 2.29. The number of aliphatic hydroxyl groups is 1. The highest BCUT2D eigenvalue weighted by Crippen LogP contribution is 2.24. The Labute approximate surface area is 112 Å². The van der Waals surface area contributed by atoms with E-state index in [4.69, 9.17) is 4.74 Å². The molecule has 2 aromatic rings. The van der Waals surface area contributed by atoms with E-state index in [9.17, 15) is 5.11 Å². The highest BCUT2D eigenvalue weighted by molar-refractivity contribution is 5.91. The number of hydrogen-bond donors (Lipinski definition) is 2. The van der Waals surface area contributed by atoms with Crippen LogP contribution in [0, 0.1) is 0 Å². The first-order valence-corrected chi connectivity index (χ1v) is 6.65. The summed E-state index contributed by atoms with van der Waals surface area (Å²) in [4.78, 5) is 4.37. The number of nitrogens with one attached hydrogen (secondary N) is 1. The summed E-state index contributed by atoms with van der Waals surface area (Å²) in [6, 6.07) is 10.1. The third-order valence-corrected chi connectivity index (χ3v) is 3.68. The van der Waals surface area contributed by atoms with Gasteiger partial charge < -0.3 is 15.2 Å². The smallest absolute Gasteiger partial charge is 0.133 e. The molecule has 1 fully saturated rings. The van der Waals surface area contributed by atoms with Gasteiger partial charge in [-0.15, -0.1) is 0 Å². The van der Waals surface area contributed by atoms with Gasteiger partial charge in [0.25, 0.3) is 0 Å². The Kier molecular flexibility index (Phi) is 3.36. The zero-order valence-corrected chi connectivity index (χ0v) is 10.8. The lowest BCUT2D eigenvalue weighted by atomic mass is 9.94. The maximum Gasteiger partial charge on any atom is 0.133 e. The van der Waals surface area contributed by atoms with Crippen LogP contribution < -0.4 is 5.32 Å². The second-order valence-corrected chi connectivity index (χ2v) is 5.07. The molecule has 4 heteroatoms. The number of rotatable bonds is 3. The van der Waals surface area contributed by atoms with Crippen molar-refractivity contribution in [2.45, 2.75) is 18.4 Å². The predicted molar refractivity (Wildman–Crippen MR) is 75.2 cm³/mol. The molecule has 0 saturated carbocycles. The monoisotopic (exact) mass is 258 g/mol. The van der Waals surface area contributed by atoms with Crippen LogP contribution >= 0.6 is 0 Å². The largest absolute Gasteiger partial charge is 0.388 e. The first-order chi connectivity index (χ1) is 9.27. The Morgan fingerprint density at radius 3 is 2.84 bits per heavy atom. The minimum Gasteiger partial charge on any atom is -0.388 e. The van der Waals surface area contributed by atoms with Crippen molar-refractivity contribution in [2.75, 3.05) is 25.1 Å². The van der Waals surface area contributed by atoms with Crippen LogP contribution in [0.15, 0.2) is 36.5 Å². The summed E-state index contributed by atoms with van der Waals surface area (Å²) in [5, 5.41) is 16.0. The maximum atomic E-state index is 10.4. The molecule has 0 radical (unpaired) electrons. The Balaban J connectivity index is 1.78. The molecule has 0 unspecified atom stereocenters. The zero-order chi connectivity index (χ0) is 13.1. The molecule has 0 bridgehead atoms. The van der Waals surface area contributed by atoms with Gasteiger partial charge in [-0.05, 0) is 11.5 Å². The molecule has 0 atom stereocenters. The number of fused-ring (bicyclic) bond motifs is 1. The van der Waals surface area contributed by atoms with Gasteiger partial charge in [-0.3, -0.25) is 0 Å². The van der Waals surface area contributed by atoms with Crippen LogP contribution in [-0.2, 0) is 4.74 Å². The van der Waals surface area contributed by atoms with Crippen molar-refractivity contribution < 1.29 is 9.84 Å². The van der Waals surface area contributed by atoms with E-state index in [1.165, 1.54) is 0 Å². The van der Waals surface area contributed by atoms with Crippen molar-refractivity contribution >= 4 is 16.6 Å². The molecule has 3 rings (SSSR count). The maximum absolute atomic E-state index is 10.4. The Morgan fingerprint density at radius 2 is 2.00 bits per heavy atom. The average Bonchev–Trinajstić information content (AvgIpc) is 2.46. The van der Waals surface area contributed by atoms with E-state index in [0.717, 1.165) is 16.6 Å². The number of aromatic nitrogens is 1. The summed E-state index contributed by atoms with van der Waals surface area (Å²) in [5.74, 6) is 0.831. The molecule has 0 spiro atoms. The van der Waals surface area contributed by atoms with Crippen molar-refractivity contribution in [2.24, 2.45) is 0 Å². The summed E-state index contributed by atoms with van der Waals surface area (Å²) in [6.07, 6.45) is 3.13. The minimum atomic E-state index is -0.684. The van der Waals surface area contributed by atoms with Crippen LogP contribution in [0.5, 0.6) is 0 Å². The Bertz CT molecular complexity index is 560. The molecule has 2 heterocycles. The van der Waals surface area contributed by atoms with Gasteiger partial charge in [-0.25, -0.2) is 4.98 Å². The van der Waals surface area contributed by atoms with Gasteiger partial charge >= 0.3 is 0 Å². The van der Waals surface area contributed by atoms with E-state index in [-0.39, 0.29) is 0 Å². The molecule has 1 saturated heterocycles. The average molecular weight is 258 g/mol. The molecular weight excluding hydrogens is 240 g/mol. The second-order valence-electron chi connectivity index (χ2n) is 5.07. The van der Waals surface area contributed by atoms with Crippen LogP contribution in [-0.4, -0.2) is 35.5 Å². The highest BCUT2D eigenvalue weighted by atomic mass is 16.5. The lowest BCUT2D eigenvalue weighted by Crippen LogP contribution is -2.42. The van der Waals surface area contributed by atoms with Crippen molar-refractivity contribution in [1.29, 1.82) is 0 Å². The molecule has 0 aliphatic carbocycles. The number of ether oxygens (including phenoxy) is 1. The first kappa shape index (κ1) is 12.4. The Morgan fingerprint density at radius 1 is 1.21 bits per heavy atom. The van der Waals surface area contributed by atoms with Crippen molar-refractivity contribution in [3.05, 3.63) is 36.5 Å². The van der Waals surface area contributed by atoms with Gasteiger partial charge in [0, 0.05) is 44.2 Å². The minimum absolute atomic E-state index is 0.511. The van der Waals surface area contributed by atoms with E-state index in [2.05, 4.69) is 16.4 Å². The van der Waals surface area contributed by atoms with Crippen LogP contribution in [0.4, 0.5) is 5.82 Å². The summed E-state index contributed by atoms with van der Waals surface area (Å²) in [7, 11) is 0. The standard InChI is InChI=1S/C15H18N2O2/c18-15(6-9-19-10-7-15)11-17-14-13-4-2-1-3-12(13)5-8-16-14/h1-5,8,18H,6-7,9-11H2,(H,16,17). The summed E-state index contributed by atoms with van der Waals surface area (Å²) < 4.78 is 5.28. The molecule has 4 nitrogen and oxygen atoms in total. The third-order valence-electron chi connectivity index (χ3n) is 3.68. The molecular formula is C15H18N2O2. The van der Waals surface area contributed by atoms with Crippen molar-refractivity contribution in [3.63, 3.8) is 0 Å². The normalized spacial score (nSPS) is 18.4. The molecule has 1 aliphatic rings. The topological polar surface area (TPSA) is 54.4 Å². The lowest BCUT2D eigenvalue weighted by molar-refractivity contribution is -0.0543. The van der Waals surface area contributed by atoms with Crippen molar-refractivity contribution in [1.82, 2.24) is 4.98 Å². The quantitative estimate of drug-likeness (QED) is 0.886. The van der Waals surface area contributed by atoms with E-state index < -0.39 is 5.60 Å². The molecule has 0 amide bonds. The van der Waals surface area contributed by atoms with E-state index >= 15 is 0 Å². The molecule has 19 heavy (non-hydrogen) atoms. The van der Waals surface area contributed by atoms with Gasteiger partial charge in [0.1, 0.15) is 5.82 Å². The van der Waals surface area contributed by atoms with Gasteiger partial charge in [0.2, 0.25) is 0 Å². The fourth-order valence-corrected chi connectivity index (χ4v) is 2.44. The second kappa shape index (κ2) is 5.15. The van der Waals surface area contributed by atoms with Crippen LogP contribution in [0.1, 0.15) is 12.8 Å². The summed E-state index contributed by atoms with van der Waals surface area (Å²) >= 11 is 0. The number of benzene rings is 1. The fourth-order valence-electron chi connectivity index (χ4n) is 2.44. The summed E-state index contributed by atoms with van der Waals surface area (Å²) in [6.45, 7) is 1.76. The summed E-state index contributed by atoms with van der Waals surface area (Å²) in [5.41, 5.74) is -0.684. The molecule has 2 N–H and O–H groups in total. The van der Waals surface area contributed by atoms with Crippen molar-refractivity contribution in [3.8, 4) is 0 Å². The van der Waals surface area contributed by atoms with E-state index in [1.807, 2.05) is 24.3 Å². The predicted octanol–water partition coefficient (Wildman–Crippen LogP) is 2.19. The number of pyridine rings is 1. The van der Waals surface area contributed by atoms with Gasteiger partial charge in [-0.1, -0.05) is 24.3 Å². The van der Waals surface area contributed by atoms with Gasteiger partial charge in [0.15, 0.2) is 0 Å². The lowest BCUT2D eigenvalue weighted by Gasteiger charge is -2.32. The molecule has 1 aliphatic heterocycles. The van der Waals surface area contributed by atoms with Crippen LogP contribution in [0.25, 0.3) is 10.8 Å². The molecule has 1 aromatic heterocycles. The fraction of sp³-hybridized carbons (Fsp3) is 0.400. The molecule has 100 valence electrons. The SMILES string of the molecule is OC1(CNc2nccc3ccccc23)CCOCC1. The van der Waals surface area contributed by atoms with Gasteiger partial charge in [0.05, 0.1) is 5.60 Å². The number of nitrogens with zero attached hydrogens (tertiary/aromatic N) is 1. The van der Waals surface area contributed by atoms with E-state index in [1.54, 1.807) is 6.20 Å².